The zero-order valence-electron chi connectivity index (χ0n) is 11.0. The van der Waals surface area contributed by atoms with E-state index >= 15 is 0 Å². The molecule has 0 atom stereocenters. The highest BCUT2D eigenvalue weighted by molar-refractivity contribution is 5.93. The van der Waals surface area contributed by atoms with Crippen molar-refractivity contribution in [3.63, 3.8) is 0 Å². The molecule has 2 N–H and O–H groups in total. The number of nitrogens with one attached hydrogen (secondary N) is 2. The first kappa shape index (κ1) is 14.8. The number of hydrogen-bond acceptors (Lipinski definition) is 3. The molecule has 0 aliphatic heterocycles. The number of rotatable bonds is 3. The molecule has 9 heteroatoms. The molecular weight excluding hydrogens is 287 g/mol. The molecule has 2 aromatic rings. The number of urea groups is 1. The van der Waals surface area contributed by atoms with Gasteiger partial charge in [-0.3, -0.25) is 9.67 Å². The molecular formula is C12H12F3N5O. The molecule has 2 amide bonds. The van der Waals surface area contributed by atoms with Gasteiger partial charge in [0.25, 0.3) is 0 Å². The van der Waals surface area contributed by atoms with Gasteiger partial charge in [-0.25, -0.2) is 4.79 Å². The van der Waals surface area contributed by atoms with Gasteiger partial charge in [0, 0.05) is 25.0 Å². The highest BCUT2D eigenvalue weighted by atomic mass is 19.4. The van der Waals surface area contributed by atoms with Crippen LogP contribution in [0.1, 0.15) is 0 Å². The lowest BCUT2D eigenvalue weighted by Gasteiger charge is -2.11. The van der Waals surface area contributed by atoms with Crippen LogP contribution in [0.2, 0.25) is 0 Å². The molecule has 2 heterocycles. The van der Waals surface area contributed by atoms with Crippen LogP contribution in [-0.2, 0) is 7.05 Å². The average molecular weight is 299 g/mol. The molecule has 0 spiro atoms. The fourth-order valence-corrected chi connectivity index (χ4v) is 1.63. The van der Waals surface area contributed by atoms with Gasteiger partial charge in [-0.1, -0.05) is 0 Å². The second-order valence-electron chi connectivity index (χ2n) is 4.23. The van der Waals surface area contributed by atoms with Crippen LogP contribution in [0.4, 0.5) is 23.7 Å². The number of anilines is 1. The van der Waals surface area contributed by atoms with Gasteiger partial charge in [-0.2, -0.15) is 18.3 Å². The van der Waals surface area contributed by atoms with Crippen LogP contribution in [0.5, 0.6) is 0 Å². The first-order valence-corrected chi connectivity index (χ1v) is 5.91. The number of amides is 2. The van der Waals surface area contributed by atoms with Crippen LogP contribution in [-0.4, -0.2) is 33.5 Å². The van der Waals surface area contributed by atoms with E-state index < -0.39 is 18.8 Å². The fourth-order valence-electron chi connectivity index (χ4n) is 1.63. The number of nitrogens with zero attached hydrogens (tertiary/aromatic N) is 3. The Kier molecular flexibility index (Phi) is 4.10. The summed E-state index contributed by atoms with van der Waals surface area (Å²) in [4.78, 5) is 15.6. The predicted molar refractivity (Wildman–Crippen MR) is 69.5 cm³/mol. The first-order chi connectivity index (χ1) is 9.85. The van der Waals surface area contributed by atoms with E-state index in [2.05, 4.69) is 15.4 Å². The third-order valence-electron chi connectivity index (χ3n) is 2.48. The van der Waals surface area contributed by atoms with E-state index in [-0.39, 0.29) is 0 Å². The van der Waals surface area contributed by atoms with E-state index in [1.54, 1.807) is 41.6 Å². The lowest BCUT2D eigenvalue weighted by Crippen LogP contribution is -2.36. The van der Waals surface area contributed by atoms with Gasteiger partial charge >= 0.3 is 12.2 Å². The molecule has 0 aliphatic carbocycles. The van der Waals surface area contributed by atoms with Crippen LogP contribution in [0.15, 0.2) is 30.7 Å². The summed E-state index contributed by atoms with van der Waals surface area (Å²) in [6.45, 7) is -1.40. The molecule has 2 aromatic heterocycles. The standard InChI is InChI=1S/C12H12F3N5O/c1-20-6-8(5-18-20)10-9(3-2-4-16-10)19-11(21)17-7-12(13,14)15/h2-6H,7H2,1H3,(H2,17,19,21). The maximum absolute atomic E-state index is 12.0. The van der Waals surface area contributed by atoms with Gasteiger partial charge in [0.2, 0.25) is 0 Å². The second-order valence-corrected chi connectivity index (χ2v) is 4.23. The third-order valence-corrected chi connectivity index (χ3v) is 2.48. The molecule has 0 saturated carbocycles. The van der Waals surface area contributed by atoms with Crippen LogP contribution >= 0.6 is 0 Å². The van der Waals surface area contributed by atoms with E-state index in [9.17, 15) is 18.0 Å². The van der Waals surface area contributed by atoms with Gasteiger partial charge in [-0.15, -0.1) is 0 Å². The summed E-state index contributed by atoms with van der Waals surface area (Å²) in [6, 6.07) is 2.16. The summed E-state index contributed by atoms with van der Waals surface area (Å²) in [6.07, 6.45) is 0.280. The molecule has 112 valence electrons. The van der Waals surface area contributed by atoms with Crippen molar-refractivity contribution in [3.8, 4) is 11.3 Å². The topological polar surface area (TPSA) is 71.8 Å². The highest BCUT2D eigenvalue weighted by Crippen LogP contribution is 2.24. The van der Waals surface area contributed by atoms with Crippen molar-refractivity contribution in [1.29, 1.82) is 0 Å². The first-order valence-electron chi connectivity index (χ1n) is 5.91. The number of alkyl halides is 3. The molecule has 0 aromatic carbocycles. The number of aryl methyl sites for hydroxylation is 1. The number of hydrogen-bond donors (Lipinski definition) is 2. The van der Waals surface area contributed by atoms with Gasteiger partial charge in [-0.05, 0) is 12.1 Å². The highest BCUT2D eigenvalue weighted by Gasteiger charge is 2.27. The molecule has 0 aliphatic rings. The van der Waals surface area contributed by atoms with E-state index in [4.69, 9.17) is 0 Å². The van der Waals surface area contributed by atoms with Crippen molar-refractivity contribution >= 4 is 11.7 Å². The van der Waals surface area contributed by atoms with Gasteiger partial charge < -0.3 is 10.6 Å². The molecule has 0 unspecified atom stereocenters. The lowest BCUT2D eigenvalue weighted by molar-refractivity contribution is -0.122. The van der Waals surface area contributed by atoms with Gasteiger partial charge in [0.05, 0.1) is 17.6 Å². The van der Waals surface area contributed by atoms with Crippen LogP contribution in [0.25, 0.3) is 11.3 Å². The van der Waals surface area contributed by atoms with Crippen molar-refractivity contribution in [2.75, 3.05) is 11.9 Å². The number of carbonyl (C=O) groups excluding carboxylic acids is 1. The smallest absolute Gasteiger partial charge is 0.329 e. The van der Waals surface area contributed by atoms with E-state index in [0.29, 0.717) is 16.9 Å². The Morgan fingerprint density at radius 1 is 1.43 bits per heavy atom. The number of aromatic nitrogens is 3. The summed E-state index contributed by atoms with van der Waals surface area (Å²) in [5, 5.41) is 8.05. The summed E-state index contributed by atoms with van der Waals surface area (Å²) < 4.78 is 37.7. The quantitative estimate of drug-likeness (QED) is 0.912. The Morgan fingerprint density at radius 2 is 2.19 bits per heavy atom. The summed E-state index contributed by atoms with van der Waals surface area (Å²) >= 11 is 0. The number of pyridine rings is 1. The normalized spacial score (nSPS) is 11.2. The summed E-state index contributed by atoms with van der Waals surface area (Å²) in [5.41, 5.74) is 1.36. The number of carbonyl (C=O) groups is 1. The molecule has 0 radical (unpaired) electrons. The molecule has 6 nitrogen and oxygen atoms in total. The zero-order chi connectivity index (χ0) is 15.5. The third kappa shape index (κ3) is 4.20. The van der Waals surface area contributed by atoms with E-state index in [1.165, 1.54) is 6.20 Å². The molecule has 21 heavy (non-hydrogen) atoms. The monoisotopic (exact) mass is 299 g/mol. The summed E-state index contributed by atoms with van der Waals surface area (Å²) in [5.74, 6) is 0. The molecule has 0 bridgehead atoms. The maximum Gasteiger partial charge on any atom is 0.405 e. The largest absolute Gasteiger partial charge is 0.405 e. The van der Waals surface area contributed by atoms with Crippen molar-refractivity contribution in [2.24, 2.45) is 7.05 Å². The van der Waals surface area contributed by atoms with Gasteiger partial charge in [0.15, 0.2) is 0 Å². The van der Waals surface area contributed by atoms with Crippen LogP contribution in [0, 0.1) is 0 Å². The van der Waals surface area contributed by atoms with Crippen LogP contribution < -0.4 is 10.6 Å². The fraction of sp³-hybridized carbons (Fsp3) is 0.250. The Balaban J connectivity index is 2.12. The minimum Gasteiger partial charge on any atom is -0.329 e. The Labute approximate surface area is 118 Å². The maximum atomic E-state index is 12.0. The zero-order valence-corrected chi connectivity index (χ0v) is 11.0. The SMILES string of the molecule is Cn1cc(-c2ncccc2NC(=O)NCC(F)(F)F)cn1. The Hall–Kier alpha value is -2.58. The lowest BCUT2D eigenvalue weighted by atomic mass is 10.2. The Morgan fingerprint density at radius 3 is 2.81 bits per heavy atom. The average Bonchev–Trinajstić information content (AvgIpc) is 2.83. The summed E-state index contributed by atoms with van der Waals surface area (Å²) in [7, 11) is 1.72. The van der Waals surface area contributed by atoms with E-state index in [0.717, 1.165) is 0 Å². The Bertz CT molecular complexity index is 638. The van der Waals surface area contributed by atoms with E-state index in [1.807, 2.05) is 0 Å². The van der Waals surface area contributed by atoms with Crippen molar-refractivity contribution in [1.82, 2.24) is 20.1 Å². The number of halogens is 3. The predicted octanol–water partition coefficient (Wildman–Crippen LogP) is 2.17. The molecule has 0 saturated heterocycles. The second kappa shape index (κ2) is 5.81. The van der Waals surface area contributed by atoms with Crippen LogP contribution in [0.3, 0.4) is 0 Å². The van der Waals surface area contributed by atoms with Crippen molar-refractivity contribution in [3.05, 3.63) is 30.7 Å². The minimum absolute atomic E-state index is 0.296. The van der Waals surface area contributed by atoms with Gasteiger partial charge in [0.1, 0.15) is 6.54 Å². The molecule has 0 fully saturated rings. The van der Waals surface area contributed by atoms with Crippen molar-refractivity contribution < 1.29 is 18.0 Å². The molecule has 2 rings (SSSR count). The minimum atomic E-state index is -4.46. The van der Waals surface area contributed by atoms with Crippen molar-refractivity contribution in [2.45, 2.75) is 6.18 Å².